The molecule has 2 rings (SSSR count). The minimum absolute atomic E-state index is 0.173. The Kier molecular flexibility index (Phi) is 7.01. The van der Waals surface area contributed by atoms with Gasteiger partial charge < -0.3 is 10.1 Å². The Balaban J connectivity index is 2.03. The van der Waals surface area contributed by atoms with Crippen LogP contribution >= 0.6 is 0 Å². The van der Waals surface area contributed by atoms with Crippen LogP contribution in [0, 0.1) is 19.7 Å². The van der Waals surface area contributed by atoms with Crippen molar-refractivity contribution in [1.29, 1.82) is 0 Å². The average molecular weight is 408 g/mol. The van der Waals surface area contributed by atoms with Crippen molar-refractivity contribution < 1.29 is 22.3 Å². The largest absolute Gasteiger partial charge is 0.492 e. The lowest BCUT2D eigenvalue weighted by Crippen LogP contribution is -2.48. The highest BCUT2D eigenvalue weighted by atomic mass is 32.2. The van der Waals surface area contributed by atoms with Gasteiger partial charge in [0.25, 0.3) is 0 Å². The molecule has 0 bridgehead atoms. The second kappa shape index (κ2) is 9.05. The smallest absolute Gasteiger partial charge is 0.243 e. The van der Waals surface area contributed by atoms with Crippen molar-refractivity contribution in [3.8, 4) is 5.75 Å². The Morgan fingerprint density at radius 1 is 1.18 bits per heavy atom. The monoisotopic (exact) mass is 408 g/mol. The van der Waals surface area contributed by atoms with Crippen LogP contribution in [-0.2, 0) is 14.8 Å². The highest BCUT2D eigenvalue weighted by molar-refractivity contribution is 7.92. The number of hydrogen-bond acceptors (Lipinski definition) is 4. The number of anilines is 1. The van der Waals surface area contributed by atoms with Gasteiger partial charge in [0.15, 0.2) is 0 Å². The zero-order valence-electron chi connectivity index (χ0n) is 16.4. The summed E-state index contributed by atoms with van der Waals surface area (Å²) in [5.74, 6) is -0.312. The molecule has 0 aliphatic carbocycles. The number of ether oxygens (including phenoxy) is 1. The summed E-state index contributed by atoms with van der Waals surface area (Å²) in [6, 6.07) is 10.1. The van der Waals surface area contributed by atoms with Crippen molar-refractivity contribution in [2.75, 3.05) is 23.7 Å². The van der Waals surface area contributed by atoms with E-state index in [0.717, 1.165) is 21.7 Å². The van der Waals surface area contributed by atoms with E-state index in [2.05, 4.69) is 5.32 Å². The number of benzene rings is 2. The Hall–Kier alpha value is -2.61. The lowest BCUT2D eigenvalue weighted by Gasteiger charge is -2.29. The quantitative estimate of drug-likeness (QED) is 0.682. The Morgan fingerprint density at radius 2 is 1.82 bits per heavy atom. The maximum absolute atomic E-state index is 12.9. The van der Waals surface area contributed by atoms with Crippen molar-refractivity contribution in [3.05, 3.63) is 59.4 Å². The first-order valence-corrected chi connectivity index (χ1v) is 10.7. The fourth-order valence-electron chi connectivity index (χ4n) is 2.76. The molecule has 0 saturated heterocycles. The van der Waals surface area contributed by atoms with Crippen LogP contribution in [0.1, 0.15) is 18.1 Å². The van der Waals surface area contributed by atoms with E-state index in [1.807, 2.05) is 19.1 Å². The summed E-state index contributed by atoms with van der Waals surface area (Å²) < 4.78 is 44.2. The minimum atomic E-state index is -3.67. The van der Waals surface area contributed by atoms with Crippen LogP contribution in [0.4, 0.5) is 10.1 Å². The van der Waals surface area contributed by atoms with Gasteiger partial charge in [-0.1, -0.05) is 12.1 Å². The standard InChI is InChI=1S/C20H25FN2O4S/c1-14-5-6-15(2)19(13-14)23(28(4,25)26)16(3)20(24)22-11-12-27-18-9-7-17(21)8-10-18/h5-10,13,16H,11-12H2,1-4H3,(H,22,24)/t16-/m0/s1. The molecule has 0 heterocycles. The second-order valence-corrected chi connectivity index (χ2v) is 8.48. The van der Waals surface area contributed by atoms with E-state index in [1.54, 1.807) is 19.9 Å². The number of rotatable bonds is 8. The third-order valence-corrected chi connectivity index (χ3v) is 5.40. The van der Waals surface area contributed by atoms with Gasteiger partial charge in [0.2, 0.25) is 15.9 Å². The SMILES string of the molecule is Cc1ccc(C)c(N([C@@H](C)C(=O)NCCOc2ccc(F)cc2)S(C)(=O)=O)c1. The summed E-state index contributed by atoms with van der Waals surface area (Å²) in [7, 11) is -3.67. The van der Waals surface area contributed by atoms with E-state index >= 15 is 0 Å². The first kappa shape index (κ1) is 21.7. The highest BCUT2D eigenvalue weighted by Crippen LogP contribution is 2.26. The third kappa shape index (κ3) is 5.69. The minimum Gasteiger partial charge on any atom is -0.492 e. The van der Waals surface area contributed by atoms with Gasteiger partial charge in [0, 0.05) is 0 Å². The van der Waals surface area contributed by atoms with Crippen LogP contribution in [0.3, 0.4) is 0 Å². The van der Waals surface area contributed by atoms with Gasteiger partial charge in [-0.05, 0) is 62.2 Å². The zero-order chi connectivity index (χ0) is 20.9. The van der Waals surface area contributed by atoms with Crippen molar-refractivity contribution in [2.24, 2.45) is 0 Å². The molecule has 0 unspecified atom stereocenters. The van der Waals surface area contributed by atoms with E-state index in [1.165, 1.54) is 24.3 Å². The maximum Gasteiger partial charge on any atom is 0.243 e. The van der Waals surface area contributed by atoms with Crippen molar-refractivity contribution >= 4 is 21.6 Å². The number of carbonyl (C=O) groups is 1. The molecule has 1 atom stereocenters. The van der Waals surface area contributed by atoms with E-state index < -0.39 is 22.0 Å². The molecule has 6 nitrogen and oxygen atoms in total. The first-order chi connectivity index (χ1) is 13.1. The molecule has 2 aromatic rings. The van der Waals surface area contributed by atoms with Gasteiger partial charge in [-0.15, -0.1) is 0 Å². The molecule has 0 radical (unpaired) electrons. The third-order valence-electron chi connectivity index (χ3n) is 4.17. The van der Waals surface area contributed by atoms with Gasteiger partial charge in [-0.25, -0.2) is 12.8 Å². The molecule has 8 heteroatoms. The van der Waals surface area contributed by atoms with E-state index in [4.69, 9.17) is 4.74 Å². The van der Waals surface area contributed by atoms with E-state index in [9.17, 15) is 17.6 Å². The van der Waals surface area contributed by atoms with Gasteiger partial charge in [0.05, 0.1) is 18.5 Å². The normalized spacial score (nSPS) is 12.3. The first-order valence-electron chi connectivity index (χ1n) is 8.82. The number of nitrogens with zero attached hydrogens (tertiary/aromatic N) is 1. The fraction of sp³-hybridized carbons (Fsp3) is 0.350. The predicted molar refractivity (Wildman–Crippen MR) is 108 cm³/mol. The molecule has 0 saturated carbocycles. The molecule has 0 aliphatic rings. The number of carbonyl (C=O) groups excluding carboxylic acids is 1. The summed E-state index contributed by atoms with van der Waals surface area (Å²) in [4.78, 5) is 12.5. The van der Waals surface area contributed by atoms with Gasteiger partial charge in [-0.2, -0.15) is 0 Å². The fourth-order valence-corrected chi connectivity index (χ4v) is 3.98. The number of sulfonamides is 1. The summed E-state index contributed by atoms with van der Waals surface area (Å²) in [6.45, 7) is 5.56. The number of hydrogen-bond donors (Lipinski definition) is 1. The van der Waals surface area contributed by atoms with Gasteiger partial charge in [0.1, 0.15) is 24.2 Å². The summed E-state index contributed by atoms with van der Waals surface area (Å²) >= 11 is 0. The van der Waals surface area contributed by atoms with Crippen LogP contribution in [0.2, 0.25) is 0 Å². The summed E-state index contributed by atoms with van der Waals surface area (Å²) in [6.07, 6.45) is 1.08. The van der Waals surface area contributed by atoms with Crippen LogP contribution in [0.15, 0.2) is 42.5 Å². The highest BCUT2D eigenvalue weighted by Gasteiger charge is 2.30. The molecular weight excluding hydrogens is 383 g/mol. The van der Waals surface area contributed by atoms with Gasteiger partial charge >= 0.3 is 0 Å². The maximum atomic E-state index is 12.9. The Labute approximate surface area is 165 Å². The molecule has 1 amide bonds. The Morgan fingerprint density at radius 3 is 2.43 bits per heavy atom. The van der Waals surface area contributed by atoms with Crippen LogP contribution in [-0.4, -0.2) is 39.8 Å². The molecular formula is C20H25FN2O4S. The van der Waals surface area contributed by atoms with Crippen LogP contribution in [0.25, 0.3) is 0 Å². The topological polar surface area (TPSA) is 75.7 Å². The summed E-state index contributed by atoms with van der Waals surface area (Å²) in [5, 5.41) is 2.68. The number of nitrogens with one attached hydrogen (secondary N) is 1. The molecule has 2 aromatic carbocycles. The predicted octanol–water partition coefficient (Wildman–Crippen LogP) is 2.79. The van der Waals surface area contributed by atoms with Crippen molar-refractivity contribution in [2.45, 2.75) is 26.8 Å². The lowest BCUT2D eigenvalue weighted by atomic mass is 10.1. The molecule has 1 N–H and O–H groups in total. The van der Waals surface area contributed by atoms with E-state index in [0.29, 0.717) is 11.4 Å². The molecule has 0 aliphatic heterocycles. The Bertz CT molecular complexity index is 930. The molecule has 0 aromatic heterocycles. The molecule has 28 heavy (non-hydrogen) atoms. The zero-order valence-corrected chi connectivity index (χ0v) is 17.2. The van der Waals surface area contributed by atoms with Crippen LogP contribution < -0.4 is 14.4 Å². The average Bonchev–Trinajstić information content (AvgIpc) is 2.62. The second-order valence-electron chi connectivity index (χ2n) is 6.62. The number of amides is 1. The van der Waals surface area contributed by atoms with E-state index in [-0.39, 0.29) is 19.0 Å². The van der Waals surface area contributed by atoms with Gasteiger partial charge in [-0.3, -0.25) is 9.10 Å². The van der Waals surface area contributed by atoms with Crippen molar-refractivity contribution in [1.82, 2.24) is 5.32 Å². The molecule has 0 spiro atoms. The lowest BCUT2D eigenvalue weighted by molar-refractivity contribution is -0.121. The number of aryl methyl sites for hydroxylation is 2. The molecule has 152 valence electrons. The summed E-state index contributed by atoms with van der Waals surface area (Å²) in [5.41, 5.74) is 2.14. The number of halogens is 1. The molecule has 0 fully saturated rings. The van der Waals surface area contributed by atoms with Crippen molar-refractivity contribution in [3.63, 3.8) is 0 Å². The van der Waals surface area contributed by atoms with Crippen LogP contribution in [0.5, 0.6) is 5.75 Å².